The van der Waals surface area contributed by atoms with Crippen LogP contribution < -0.4 is 0 Å². The molecule has 0 saturated carbocycles. The molecule has 3 nitrogen and oxygen atoms in total. The number of aliphatic hydroxyl groups is 1. The number of amides is 1. The van der Waals surface area contributed by atoms with Gasteiger partial charge in [0.1, 0.15) is 0 Å². The van der Waals surface area contributed by atoms with Crippen molar-refractivity contribution in [2.24, 2.45) is 5.92 Å². The molecule has 0 spiro atoms. The summed E-state index contributed by atoms with van der Waals surface area (Å²) in [5.41, 5.74) is 0.470. The van der Waals surface area contributed by atoms with Gasteiger partial charge in [0.05, 0.1) is 16.7 Å². The van der Waals surface area contributed by atoms with Crippen molar-refractivity contribution in [3.8, 4) is 0 Å². The highest BCUT2D eigenvalue weighted by molar-refractivity contribution is 6.36. The zero-order valence-corrected chi connectivity index (χ0v) is 12.3. The lowest BCUT2D eigenvalue weighted by molar-refractivity contribution is 0.0229. The predicted molar refractivity (Wildman–Crippen MR) is 76.8 cm³/mol. The van der Waals surface area contributed by atoms with Gasteiger partial charge in [-0.3, -0.25) is 4.79 Å². The van der Waals surface area contributed by atoms with Crippen LogP contribution in [0.2, 0.25) is 10.0 Å². The van der Waals surface area contributed by atoms with E-state index in [0.29, 0.717) is 35.1 Å². The van der Waals surface area contributed by atoms with Gasteiger partial charge in [-0.05, 0) is 31.0 Å². The van der Waals surface area contributed by atoms with Gasteiger partial charge >= 0.3 is 0 Å². The quantitative estimate of drug-likeness (QED) is 0.911. The highest BCUT2D eigenvalue weighted by atomic mass is 35.5. The lowest BCUT2D eigenvalue weighted by atomic mass is 9.92. The number of halogens is 2. The monoisotopic (exact) mass is 301 g/mol. The van der Waals surface area contributed by atoms with E-state index < -0.39 is 0 Å². The van der Waals surface area contributed by atoms with Crippen LogP contribution in [0.15, 0.2) is 18.2 Å². The summed E-state index contributed by atoms with van der Waals surface area (Å²) in [6.45, 7) is 3.17. The summed E-state index contributed by atoms with van der Waals surface area (Å²) in [4.78, 5) is 14.2. The van der Waals surface area contributed by atoms with Crippen molar-refractivity contribution < 1.29 is 9.90 Å². The molecule has 2 unspecified atom stereocenters. The molecule has 1 aliphatic heterocycles. The molecule has 2 atom stereocenters. The Bertz CT molecular complexity index is 479. The number of aliphatic hydroxyl groups excluding tert-OH is 1. The lowest BCUT2D eigenvalue weighted by Crippen LogP contribution is -2.45. The summed E-state index contributed by atoms with van der Waals surface area (Å²) in [7, 11) is 0. The van der Waals surface area contributed by atoms with Crippen molar-refractivity contribution in [2.75, 3.05) is 13.1 Å². The minimum atomic E-state index is -0.310. The molecule has 5 heteroatoms. The number of benzene rings is 1. The molecule has 104 valence electrons. The molecular formula is C14H17Cl2NO2. The maximum atomic E-state index is 12.4. The highest BCUT2D eigenvalue weighted by Gasteiger charge is 2.30. The standard InChI is InChI=1S/C14H17Cl2NO2/c1-2-9-8-17(6-5-13(9)18)14(19)11-4-3-10(15)7-12(11)16/h3-4,7,9,13,18H,2,5-6,8H2,1H3. The molecule has 1 saturated heterocycles. The Labute approximate surface area is 123 Å². The van der Waals surface area contributed by atoms with E-state index in [0.717, 1.165) is 6.42 Å². The first-order valence-corrected chi connectivity index (χ1v) is 7.21. The van der Waals surface area contributed by atoms with Crippen LogP contribution in [-0.4, -0.2) is 35.1 Å². The van der Waals surface area contributed by atoms with Crippen LogP contribution in [0.5, 0.6) is 0 Å². The van der Waals surface area contributed by atoms with Crippen molar-refractivity contribution in [3.63, 3.8) is 0 Å². The molecule has 19 heavy (non-hydrogen) atoms. The van der Waals surface area contributed by atoms with Gasteiger partial charge in [0.15, 0.2) is 0 Å². The van der Waals surface area contributed by atoms with E-state index in [2.05, 4.69) is 0 Å². The topological polar surface area (TPSA) is 40.5 Å². The van der Waals surface area contributed by atoms with Crippen molar-refractivity contribution in [1.82, 2.24) is 4.90 Å². The normalized spacial score (nSPS) is 23.5. The van der Waals surface area contributed by atoms with Gasteiger partial charge in [0.2, 0.25) is 0 Å². The van der Waals surface area contributed by atoms with Crippen molar-refractivity contribution in [2.45, 2.75) is 25.9 Å². The summed E-state index contributed by atoms with van der Waals surface area (Å²) in [5.74, 6) is 0.0517. The predicted octanol–water partition coefficient (Wildman–Crippen LogP) is 3.23. The zero-order chi connectivity index (χ0) is 14.0. The van der Waals surface area contributed by atoms with Crippen molar-refractivity contribution in [3.05, 3.63) is 33.8 Å². The molecule has 1 aromatic rings. The minimum Gasteiger partial charge on any atom is -0.393 e. The number of nitrogens with zero attached hydrogens (tertiary/aromatic N) is 1. The maximum absolute atomic E-state index is 12.4. The molecule has 1 amide bonds. The number of piperidine rings is 1. The van der Waals surface area contributed by atoms with Gasteiger partial charge in [-0.1, -0.05) is 30.1 Å². The number of hydrogen-bond donors (Lipinski definition) is 1. The number of carbonyl (C=O) groups is 1. The first-order valence-electron chi connectivity index (χ1n) is 6.45. The molecule has 1 fully saturated rings. The third-order valence-corrected chi connectivity index (χ3v) is 4.21. The number of likely N-dealkylation sites (tertiary alicyclic amines) is 1. The smallest absolute Gasteiger partial charge is 0.255 e. The van der Waals surface area contributed by atoms with Gasteiger partial charge in [-0.25, -0.2) is 0 Å². The van der Waals surface area contributed by atoms with Gasteiger partial charge in [0, 0.05) is 24.0 Å². The fraction of sp³-hybridized carbons (Fsp3) is 0.500. The lowest BCUT2D eigenvalue weighted by Gasteiger charge is -2.36. The Hall–Kier alpha value is -0.770. The molecule has 1 aromatic carbocycles. The average Bonchev–Trinajstić information content (AvgIpc) is 2.38. The molecule has 1 heterocycles. The third kappa shape index (κ3) is 3.22. The van der Waals surface area contributed by atoms with Crippen molar-refractivity contribution >= 4 is 29.1 Å². The van der Waals surface area contributed by atoms with E-state index in [1.807, 2.05) is 6.92 Å². The van der Waals surface area contributed by atoms with Crippen LogP contribution in [0, 0.1) is 5.92 Å². The second-order valence-corrected chi connectivity index (χ2v) is 5.74. The average molecular weight is 302 g/mol. The summed E-state index contributed by atoms with van der Waals surface area (Å²) >= 11 is 11.9. The van der Waals surface area contributed by atoms with Crippen LogP contribution in [0.4, 0.5) is 0 Å². The highest BCUT2D eigenvalue weighted by Crippen LogP contribution is 2.26. The molecule has 0 bridgehead atoms. The van der Waals surface area contributed by atoms with E-state index in [1.54, 1.807) is 23.1 Å². The molecule has 1 N–H and O–H groups in total. The maximum Gasteiger partial charge on any atom is 0.255 e. The SMILES string of the molecule is CCC1CN(C(=O)c2ccc(Cl)cc2Cl)CCC1O. The van der Waals surface area contributed by atoms with Crippen LogP contribution in [0.3, 0.4) is 0 Å². The zero-order valence-electron chi connectivity index (χ0n) is 10.8. The largest absolute Gasteiger partial charge is 0.393 e. The number of rotatable bonds is 2. The van der Waals surface area contributed by atoms with Gasteiger partial charge in [-0.15, -0.1) is 0 Å². The second kappa shape index (κ2) is 6.12. The van der Waals surface area contributed by atoms with E-state index in [1.165, 1.54) is 0 Å². The fourth-order valence-corrected chi connectivity index (χ4v) is 2.93. The Morgan fingerprint density at radius 2 is 2.21 bits per heavy atom. The first-order chi connectivity index (χ1) is 9.02. The Balaban J connectivity index is 2.15. The second-order valence-electron chi connectivity index (χ2n) is 4.90. The van der Waals surface area contributed by atoms with Gasteiger partial charge in [0.25, 0.3) is 5.91 Å². The fourth-order valence-electron chi connectivity index (χ4n) is 2.44. The molecular weight excluding hydrogens is 285 g/mol. The van der Waals surface area contributed by atoms with Crippen LogP contribution in [0.1, 0.15) is 30.1 Å². The summed E-state index contributed by atoms with van der Waals surface area (Å²) in [6, 6.07) is 4.89. The van der Waals surface area contributed by atoms with Crippen molar-refractivity contribution in [1.29, 1.82) is 0 Å². The molecule has 2 rings (SSSR count). The number of hydrogen-bond acceptors (Lipinski definition) is 2. The Kier molecular flexibility index (Phi) is 4.71. The van der Waals surface area contributed by atoms with E-state index in [4.69, 9.17) is 23.2 Å². The van der Waals surface area contributed by atoms with Gasteiger partial charge < -0.3 is 10.0 Å². The Morgan fingerprint density at radius 1 is 1.47 bits per heavy atom. The number of carbonyl (C=O) groups excluding carboxylic acids is 1. The van der Waals surface area contributed by atoms with E-state index in [-0.39, 0.29) is 17.9 Å². The third-order valence-electron chi connectivity index (χ3n) is 3.67. The summed E-state index contributed by atoms with van der Waals surface area (Å²) in [6.07, 6.45) is 1.17. The van der Waals surface area contributed by atoms with Crippen LogP contribution >= 0.6 is 23.2 Å². The Morgan fingerprint density at radius 3 is 2.84 bits per heavy atom. The first kappa shape index (κ1) is 14.6. The van der Waals surface area contributed by atoms with E-state index >= 15 is 0 Å². The van der Waals surface area contributed by atoms with E-state index in [9.17, 15) is 9.90 Å². The van der Waals surface area contributed by atoms with Crippen LogP contribution in [0.25, 0.3) is 0 Å². The summed E-state index contributed by atoms with van der Waals surface area (Å²) in [5, 5.41) is 10.7. The van der Waals surface area contributed by atoms with Crippen LogP contribution in [-0.2, 0) is 0 Å². The minimum absolute atomic E-state index is 0.0907. The summed E-state index contributed by atoms with van der Waals surface area (Å²) < 4.78 is 0. The molecule has 0 aromatic heterocycles. The van der Waals surface area contributed by atoms with Gasteiger partial charge in [-0.2, -0.15) is 0 Å². The molecule has 0 aliphatic carbocycles. The molecule has 1 aliphatic rings. The molecule has 0 radical (unpaired) electrons.